The Kier molecular flexibility index (Phi) is 5.33. The Morgan fingerprint density at radius 1 is 0.972 bits per heavy atom. The summed E-state index contributed by atoms with van der Waals surface area (Å²) in [5.41, 5.74) is 4.69. The molecule has 1 aromatic heterocycles. The lowest BCUT2D eigenvalue weighted by atomic mass is 9.75. The molecule has 1 N–H and O–H groups in total. The normalized spacial score (nSPS) is 18.2. The number of nitrogens with zero attached hydrogens (tertiary/aromatic N) is 2. The third kappa shape index (κ3) is 3.47. The fourth-order valence-electron chi connectivity index (χ4n) is 5.49. The third-order valence-electron chi connectivity index (χ3n) is 7.17. The molecule has 2 amide bonds. The molecule has 6 rings (SSSR count). The van der Waals surface area contributed by atoms with E-state index < -0.39 is 12.0 Å². The molecule has 0 unspecified atom stereocenters. The van der Waals surface area contributed by atoms with Crippen LogP contribution in [-0.4, -0.2) is 42.5 Å². The monoisotopic (exact) mass is 479 g/mol. The maximum atomic E-state index is 14.0. The molecule has 0 fully saturated rings. The highest BCUT2D eigenvalue weighted by Gasteiger charge is 2.47. The van der Waals surface area contributed by atoms with E-state index in [2.05, 4.69) is 16.4 Å². The largest absolute Gasteiger partial charge is 0.493 e. The molecule has 0 saturated heterocycles. The van der Waals surface area contributed by atoms with Gasteiger partial charge in [0.25, 0.3) is 5.91 Å². The highest BCUT2D eigenvalue weighted by molar-refractivity contribution is 6.05. The second-order valence-corrected chi connectivity index (χ2v) is 9.07. The van der Waals surface area contributed by atoms with E-state index in [0.29, 0.717) is 34.9 Å². The van der Waals surface area contributed by atoms with Crippen molar-refractivity contribution >= 4 is 28.4 Å². The topological polar surface area (TPSA) is 80.8 Å². The van der Waals surface area contributed by atoms with Gasteiger partial charge in [-0.2, -0.15) is 0 Å². The van der Waals surface area contributed by atoms with Gasteiger partial charge in [0.15, 0.2) is 11.5 Å². The van der Waals surface area contributed by atoms with E-state index in [9.17, 15) is 9.59 Å². The fourth-order valence-corrected chi connectivity index (χ4v) is 5.49. The van der Waals surface area contributed by atoms with Gasteiger partial charge < -0.3 is 19.7 Å². The Hall–Kier alpha value is -4.39. The Morgan fingerprint density at radius 3 is 2.56 bits per heavy atom. The minimum absolute atomic E-state index is 0.109. The van der Waals surface area contributed by atoms with E-state index in [4.69, 9.17) is 9.47 Å². The number of amides is 2. The maximum absolute atomic E-state index is 14.0. The van der Waals surface area contributed by atoms with Crippen LogP contribution in [0.1, 0.15) is 39.0 Å². The number of methoxy groups -OCH3 is 2. The van der Waals surface area contributed by atoms with Crippen LogP contribution in [0.2, 0.25) is 0 Å². The Balaban J connectivity index is 1.49. The number of hydrogen-bond donors (Lipinski definition) is 1. The van der Waals surface area contributed by atoms with Crippen LogP contribution in [0.4, 0.5) is 5.69 Å². The number of pyridine rings is 1. The van der Waals surface area contributed by atoms with Crippen molar-refractivity contribution in [2.75, 3.05) is 26.1 Å². The summed E-state index contributed by atoms with van der Waals surface area (Å²) >= 11 is 0. The Bertz CT molecular complexity index is 1520. The van der Waals surface area contributed by atoms with Gasteiger partial charge in [-0.15, -0.1) is 0 Å². The van der Waals surface area contributed by atoms with Gasteiger partial charge in [0.1, 0.15) is 0 Å². The number of aromatic nitrogens is 1. The van der Waals surface area contributed by atoms with Crippen LogP contribution in [0.25, 0.3) is 10.9 Å². The zero-order chi connectivity index (χ0) is 24.8. The van der Waals surface area contributed by atoms with Crippen LogP contribution >= 0.6 is 0 Å². The van der Waals surface area contributed by atoms with Gasteiger partial charge >= 0.3 is 0 Å². The van der Waals surface area contributed by atoms with Gasteiger partial charge in [-0.05, 0) is 47.4 Å². The summed E-state index contributed by atoms with van der Waals surface area (Å²) < 4.78 is 11.0. The van der Waals surface area contributed by atoms with E-state index in [1.165, 1.54) is 7.11 Å². The van der Waals surface area contributed by atoms with Crippen LogP contribution in [0.5, 0.6) is 11.5 Å². The minimum Gasteiger partial charge on any atom is -0.493 e. The van der Waals surface area contributed by atoms with Crippen molar-refractivity contribution < 1.29 is 19.1 Å². The lowest BCUT2D eigenvalue weighted by Gasteiger charge is -2.45. The number of anilines is 1. The number of rotatable bonds is 4. The summed E-state index contributed by atoms with van der Waals surface area (Å²) in [6, 6.07) is 20.7. The lowest BCUT2D eigenvalue weighted by Crippen LogP contribution is -2.49. The molecule has 0 radical (unpaired) electrons. The van der Waals surface area contributed by atoms with E-state index in [-0.39, 0.29) is 11.8 Å². The van der Waals surface area contributed by atoms with Crippen molar-refractivity contribution in [2.45, 2.75) is 18.4 Å². The molecule has 2 atom stereocenters. The highest BCUT2D eigenvalue weighted by Crippen LogP contribution is 2.48. The van der Waals surface area contributed by atoms with Crippen LogP contribution in [0.15, 0.2) is 72.9 Å². The van der Waals surface area contributed by atoms with Crippen LogP contribution in [-0.2, 0) is 11.2 Å². The molecule has 0 bridgehead atoms. The van der Waals surface area contributed by atoms with Crippen molar-refractivity contribution in [1.82, 2.24) is 9.88 Å². The smallest absolute Gasteiger partial charge is 0.254 e. The summed E-state index contributed by atoms with van der Waals surface area (Å²) in [4.78, 5) is 34.0. The molecule has 7 nitrogen and oxygen atoms in total. The summed E-state index contributed by atoms with van der Waals surface area (Å²) in [5, 5.41) is 4.01. The lowest BCUT2D eigenvalue weighted by molar-refractivity contribution is -0.119. The van der Waals surface area contributed by atoms with Crippen LogP contribution < -0.4 is 14.8 Å². The van der Waals surface area contributed by atoms with E-state index >= 15 is 0 Å². The average molecular weight is 480 g/mol. The van der Waals surface area contributed by atoms with Crippen molar-refractivity contribution in [1.29, 1.82) is 0 Å². The van der Waals surface area contributed by atoms with Crippen molar-refractivity contribution in [3.63, 3.8) is 0 Å². The molecule has 3 aromatic carbocycles. The van der Waals surface area contributed by atoms with E-state index in [1.54, 1.807) is 25.4 Å². The van der Waals surface area contributed by atoms with E-state index in [0.717, 1.165) is 28.5 Å². The number of hydrogen-bond acceptors (Lipinski definition) is 5. The van der Waals surface area contributed by atoms with Gasteiger partial charge in [0, 0.05) is 17.5 Å². The predicted octanol–water partition coefficient (Wildman–Crippen LogP) is 4.73. The summed E-state index contributed by atoms with van der Waals surface area (Å²) in [6.45, 7) is 0.537. The number of benzene rings is 3. The number of carbonyl (C=O) groups is 2. The number of fused-ring (bicyclic) bond motifs is 5. The van der Waals surface area contributed by atoms with Gasteiger partial charge in [0.2, 0.25) is 5.91 Å². The maximum Gasteiger partial charge on any atom is 0.254 e. The molecular formula is C29H25N3O4. The molecule has 180 valence electrons. The predicted molar refractivity (Wildman–Crippen MR) is 137 cm³/mol. The molecular weight excluding hydrogens is 454 g/mol. The first-order chi connectivity index (χ1) is 17.6. The standard InChI is InChI=1S/C29H25N3O4/c1-35-24-14-21-22(15-25(24)36-2)29(34)32-12-11-17-7-3-5-9-20(17)27(32)26(21)28(33)31-19-13-18-8-4-6-10-23(18)30-16-19/h3-10,13-16,26-27H,11-12H2,1-2H3,(H,31,33)/t26-,27-/m0/s1. The van der Waals surface area contributed by atoms with Crippen molar-refractivity contribution in [3.8, 4) is 11.5 Å². The molecule has 2 aliphatic rings. The number of ether oxygens (including phenoxy) is 2. The SMILES string of the molecule is COc1cc2c(cc1OC)[C@H](C(=O)Nc1cnc3ccccc3c1)[C@@H]1c3ccccc3CCN1C2=O. The second-order valence-electron chi connectivity index (χ2n) is 9.07. The molecule has 0 saturated carbocycles. The minimum atomic E-state index is -0.648. The molecule has 2 aliphatic heterocycles. The zero-order valence-electron chi connectivity index (χ0n) is 20.0. The number of para-hydroxylation sites is 1. The van der Waals surface area contributed by atoms with Gasteiger partial charge in [0.05, 0.1) is 43.6 Å². The first-order valence-corrected chi connectivity index (χ1v) is 11.9. The number of carbonyl (C=O) groups excluding carboxylic acids is 2. The Morgan fingerprint density at radius 2 is 1.72 bits per heavy atom. The van der Waals surface area contributed by atoms with E-state index in [1.807, 2.05) is 53.4 Å². The second kappa shape index (κ2) is 8.68. The molecule has 3 heterocycles. The van der Waals surface area contributed by atoms with Gasteiger partial charge in [-0.25, -0.2) is 0 Å². The highest BCUT2D eigenvalue weighted by atomic mass is 16.5. The van der Waals surface area contributed by atoms with Crippen LogP contribution in [0, 0.1) is 0 Å². The molecule has 0 aliphatic carbocycles. The van der Waals surface area contributed by atoms with Crippen LogP contribution in [0.3, 0.4) is 0 Å². The first-order valence-electron chi connectivity index (χ1n) is 11.9. The summed E-state index contributed by atoms with van der Waals surface area (Å²) in [5.74, 6) is -0.0304. The molecule has 4 aromatic rings. The van der Waals surface area contributed by atoms with Gasteiger partial charge in [-0.3, -0.25) is 14.6 Å². The zero-order valence-corrected chi connectivity index (χ0v) is 20.0. The number of nitrogens with one attached hydrogen (secondary N) is 1. The molecule has 36 heavy (non-hydrogen) atoms. The molecule has 7 heteroatoms. The molecule has 0 spiro atoms. The Labute approximate surface area is 208 Å². The fraction of sp³-hybridized carbons (Fsp3) is 0.207. The summed E-state index contributed by atoms with van der Waals surface area (Å²) in [6.07, 6.45) is 2.40. The average Bonchev–Trinajstić information content (AvgIpc) is 2.92. The third-order valence-corrected chi connectivity index (χ3v) is 7.17. The van der Waals surface area contributed by atoms with Crippen molar-refractivity contribution in [3.05, 3.63) is 95.2 Å². The summed E-state index contributed by atoms with van der Waals surface area (Å²) in [7, 11) is 3.08. The quantitative estimate of drug-likeness (QED) is 0.458. The van der Waals surface area contributed by atoms with Crippen molar-refractivity contribution in [2.24, 2.45) is 0 Å². The van der Waals surface area contributed by atoms with Gasteiger partial charge in [-0.1, -0.05) is 42.5 Å². The first kappa shape index (κ1) is 22.1.